The average Bonchev–Trinajstić information content (AvgIpc) is 2.35. The third-order valence-corrected chi connectivity index (χ3v) is 4.00. The van der Waals surface area contributed by atoms with Crippen molar-refractivity contribution in [2.24, 2.45) is 5.92 Å². The zero-order valence-corrected chi connectivity index (χ0v) is 12.5. The Kier molecular flexibility index (Phi) is 4.66. The van der Waals surface area contributed by atoms with Gasteiger partial charge in [0.25, 0.3) is 5.91 Å². The van der Waals surface area contributed by atoms with Crippen LogP contribution in [-0.4, -0.2) is 42.0 Å². The molecule has 0 aromatic carbocycles. The summed E-state index contributed by atoms with van der Waals surface area (Å²) in [6, 6.07) is 1.67. The van der Waals surface area contributed by atoms with Crippen LogP contribution in [0, 0.1) is 5.92 Å². The van der Waals surface area contributed by atoms with E-state index in [9.17, 15) is 4.79 Å². The zero-order valence-electron chi connectivity index (χ0n) is 11.0. The molecular formula is C13H17Cl2N3O. The molecule has 4 nitrogen and oxygen atoms in total. The summed E-state index contributed by atoms with van der Waals surface area (Å²) in [5.74, 6) is 0.231. The lowest BCUT2D eigenvalue weighted by atomic mass is 9.94. The summed E-state index contributed by atoms with van der Waals surface area (Å²) in [6.07, 6.45) is 2.34. The van der Waals surface area contributed by atoms with Gasteiger partial charge in [0, 0.05) is 18.8 Å². The summed E-state index contributed by atoms with van der Waals surface area (Å²) in [5, 5.41) is 3.63. The van der Waals surface area contributed by atoms with E-state index in [-0.39, 0.29) is 17.1 Å². The monoisotopic (exact) mass is 301 g/mol. The van der Waals surface area contributed by atoms with Crippen molar-refractivity contribution in [1.82, 2.24) is 15.2 Å². The Morgan fingerprint density at radius 2 is 2.26 bits per heavy atom. The number of amides is 1. The molecule has 1 aromatic rings. The minimum Gasteiger partial charge on any atom is -0.349 e. The van der Waals surface area contributed by atoms with Gasteiger partial charge in [0.1, 0.15) is 5.15 Å². The molecule has 1 aliphatic rings. The van der Waals surface area contributed by atoms with Gasteiger partial charge in [-0.1, -0.05) is 30.1 Å². The van der Waals surface area contributed by atoms with Crippen molar-refractivity contribution >= 4 is 29.1 Å². The van der Waals surface area contributed by atoms with Crippen molar-refractivity contribution in [3.8, 4) is 0 Å². The van der Waals surface area contributed by atoms with E-state index in [0.29, 0.717) is 16.5 Å². The number of rotatable bonds is 2. The lowest BCUT2D eigenvalue weighted by Crippen LogP contribution is -2.48. The number of carbonyl (C=O) groups excluding carboxylic acids is 1. The van der Waals surface area contributed by atoms with Crippen LogP contribution in [0.5, 0.6) is 0 Å². The summed E-state index contributed by atoms with van der Waals surface area (Å²) in [7, 11) is 2.09. The molecule has 1 amide bonds. The molecule has 1 aliphatic heterocycles. The highest BCUT2D eigenvalue weighted by Crippen LogP contribution is 2.20. The molecule has 2 atom stereocenters. The van der Waals surface area contributed by atoms with E-state index in [0.717, 1.165) is 19.5 Å². The highest BCUT2D eigenvalue weighted by Gasteiger charge is 2.26. The quantitative estimate of drug-likeness (QED) is 0.854. The minimum atomic E-state index is -0.185. The maximum Gasteiger partial charge on any atom is 0.253 e. The average molecular weight is 302 g/mol. The summed E-state index contributed by atoms with van der Waals surface area (Å²) in [6.45, 7) is 4.11. The van der Waals surface area contributed by atoms with Crippen LogP contribution in [0.15, 0.2) is 12.3 Å². The minimum absolute atomic E-state index is 0.173. The molecule has 0 saturated carbocycles. The summed E-state index contributed by atoms with van der Waals surface area (Å²) < 4.78 is 0. The van der Waals surface area contributed by atoms with Gasteiger partial charge in [0.2, 0.25) is 0 Å². The first-order chi connectivity index (χ1) is 8.97. The molecule has 1 fully saturated rings. The van der Waals surface area contributed by atoms with Crippen molar-refractivity contribution in [2.45, 2.75) is 19.4 Å². The second kappa shape index (κ2) is 6.07. The first kappa shape index (κ1) is 14.6. The van der Waals surface area contributed by atoms with Crippen LogP contribution in [0.2, 0.25) is 10.2 Å². The number of piperidine rings is 1. The van der Waals surface area contributed by atoms with Crippen LogP contribution in [0.25, 0.3) is 0 Å². The van der Waals surface area contributed by atoms with Crippen LogP contribution < -0.4 is 5.32 Å². The van der Waals surface area contributed by atoms with Crippen LogP contribution in [-0.2, 0) is 0 Å². The van der Waals surface area contributed by atoms with Crippen molar-refractivity contribution in [3.05, 3.63) is 28.0 Å². The number of halogens is 2. The van der Waals surface area contributed by atoms with Crippen molar-refractivity contribution in [1.29, 1.82) is 0 Å². The number of likely N-dealkylation sites (tertiary alicyclic amines) is 1. The third kappa shape index (κ3) is 3.59. The topological polar surface area (TPSA) is 45.2 Å². The molecule has 2 heterocycles. The molecule has 2 unspecified atom stereocenters. The van der Waals surface area contributed by atoms with Gasteiger partial charge in [-0.3, -0.25) is 4.79 Å². The number of nitrogens with one attached hydrogen (secondary N) is 1. The smallest absolute Gasteiger partial charge is 0.253 e. The van der Waals surface area contributed by atoms with E-state index < -0.39 is 0 Å². The highest BCUT2D eigenvalue weighted by molar-refractivity contribution is 6.35. The first-order valence-corrected chi connectivity index (χ1v) is 7.03. The van der Waals surface area contributed by atoms with Crippen LogP contribution in [0.4, 0.5) is 0 Å². The third-order valence-electron chi connectivity index (χ3n) is 3.49. The fourth-order valence-electron chi connectivity index (χ4n) is 2.40. The lowest BCUT2D eigenvalue weighted by Gasteiger charge is -2.35. The molecule has 1 N–H and O–H groups in total. The molecule has 6 heteroatoms. The van der Waals surface area contributed by atoms with Crippen LogP contribution in [0.3, 0.4) is 0 Å². The maximum atomic E-state index is 12.2. The number of carbonyl (C=O) groups is 1. The Labute approximate surface area is 123 Å². The van der Waals surface area contributed by atoms with Gasteiger partial charge in [-0.15, -0.1) is 0 Å². The molecule has 1 saturated heterocycles. The van der Waals surface area contributed by atoms with Gasteiger partial charge in [-0.05, 0) is 32.0 Å². The number of hydrogen-bond donors (Lipinski definition) is 1. The van der Waals surface area contributed by atoms with Gasteiger partial charge in [0.05, 0.1) is 10.6 Å². The second-order valence-corrected chi connectivity index (χ2v) is 5.89. The molecule has 1 aromatic heterocycles. The van der Waals surface area contributed by atoms with E-state index in [2.05, 4.69) is 29.2 Å². The second-order valence-electron chi connectivity index (χ2n) is 5.10. The summed E-state index contributed by atoms with van der Waals surface area (Å²) in [4.78, 5) is 18.3. The van der Waals surface area contributed by atoms with E-state index >= 15 is 0 Å². The highest BCUT2D eigenvalue weighted by atomic mass is 35.5. The molecule has 0 radical (unpaired) electrons. The van der Waals surface area contributed by atoms with Crippen molar-refractivity contribution < 1.29 is 4.79 Å². The number of pyridine rings is 1. The SMILES string of the molecule is CC1CN(C)CCC1NC(=O)c1cc(Cl)ncc1Cl. The lowest BCUT2D eigenvalue weighted by molar-refractivity contribution is 0.0884. The van der Waals surface area contributed by atoms with Crippen molar-refractivity contribution in [3.63, 3.8) is 0 Å². The first-order valence-electron chi connectivity index (χ1n) is 6.28. The zero-order chi connectivity index (χ0) is 14.0. The Balaban J connectivity index is 2.06. The molecule has 2 rings (SSSR count). The Bertz CT molecular complexity index is 481. The predicted octanol–water partition coefficient (Wildman–Crippen LogP) is 2.46. The molecule has 104 valence electrons. The molecule has 19 heavy (non-hydrogen) atoms. The van der Waals surface area contributed by atoms with Crippen LogP contribution in [0.1, 0.15) is 23.7 Å². The molecule has 0 aliphatic carbocycles. The fourth-order valence-corrected chi connectivity index (χ4v) is 2.75. The Morgan fingerprint density at radius 1 is 1.53 bits per heavy atom. The predicted molar refractivity (Wildman–Crippen MR) is 76.8 cm³/mol. The van der Waals surface area contributed by atoms with E-state index in [1.54, 1.807) is 0 Å². The fraction of sp³-hybridized carbons (Fsp3) is 0.538. The van der Waals surface area contributed by atoms with Gasteiger partial charge < -0.3 is 10.2 Å². The normalized spacial score (nSPS) is 24.2. The van der Waals surface area contributed by atoms with Gasteiger partial charge in [-0.2, -0.15) is 0 Å². The molecular weight excluding hydrogens is 285 g/mol. The maximum absolute atomic E-state index is 12.2. The van der Waals surface area contributed by atoms with Gasteiger partial charge >= 0.3 is 0 Å². The largest absolute Gasteiger partial charge is 0.349 e. The summed E-state index contributed by atoms with van der Waals surface area (Å²) in [5.41, 5.74) is 0.382. The van der Waals surface area contributed by atoms with Gasteiger partial charge in [0.15, 0.2) is 0 Å². The number of hydrogen-bond acceptors (Lipinski definition) is 3. The van der Waals surface area contributed by atoms with Crippen LogP contribution >= 0.6 is 23.2 Å². The van der Waals surface area contributed by atoms with E-state index in [1.165, 1.54) is 12.3 Å². The van der Waals surface area contributed by atoms with Crippen molar-refractivity contribution in [2.75, 3.05) is 20.1 Å². The Morgan fingerprint density at radius 3 is 2.95 bits per heavy atom. The van der Waals surface area contributed by atoms with E-state index in [4.69, 9.17) is 23.2 Å². The Hall–Kier alpha value is -0.840. The molecule has 0 bridgehead atoms. The molecule has 0 spiro atoms. The van der Waals surface area contributed by atoms with E-state index in [1.807, 2.05) is 0 Å². The number of aromatic nitrogens is 1. The standard InChI is InChI=1S/C13H17Cl2N3O/c1-8-7-18(2)4-3-11(8)17-13(19)9-5-12(15)16-6-10(9)14/h5-6,8,11H,3-4,7H2,1-2H3,(H,17,19). The summed E-state index contributed by atoms with van der Waals surface area (Å²) >= 11 is 11.8. The van der Waals surface area contributed by atoms with Gasteiger partial charge in [-0.25, -0.2) is 4.98 Å². The number of nitrogens with zero attached hydrogens (tertiary/aromatic N) is 2.